The number of ether oxygens (including phenoxy) is 1. The van der Waals surface area contributed by atoms with Gasteiger partial charge in [0.15, 0.2) is 0 Å². The third-order valence-electron chi connectivity index (χ3n) is 2.32. The van der Waals surface area contributed by atoms with Gasteiger partial charge in [0.1, 0.15) is 5.82 Å². The van der Waals surface area contributed by atoms with Gasteiger partial charge in [0, 0.05) is 18.8 Å². The van der Waals surface area contributed by atoms with Crippen LogP contribution in [0.4, 0.5) is 10.1 Å². The zero-order valence-corrected chi connectivity index (χ0v) is 10.2. The molecule has 1 amide bonds. The Hall–Kier alpha value is -1.62. The lowest BCUT2D eigenvalue weighted by atomic mass is 10.1. The van der Waals surface area contributed by atoms with Crippen LogP contribution in [0.2, 0.25) is 0 Å². The van der Waals surface area contributed by atoms with Gasteiger partial charge >= 0.3 is 0 Å². The van der Waals surface area contributed by atoms with Crippen LogP contribution in [-0.4, -0.2) is 25.7 Å². The Balaban J connectivity index is 2.89. The zero-order valence-electron chi connectivity index (χ0n) is 10.2. The van der Waals surface area contributed by atoms with Crippen LogP contribution in [-0.2, 0) is 4.74 Å². The highest BCUT2D eigenvalue weighted by molar-refractivity contribution is 5.95. The van der Waals surface area contributed by atoms with Crippen molar-refractivity contribution in [3.8, 4) is 0 Å². The summed E-state index contributed by atoms with van der Waals surface area (Å²) < 4.78 is 18.6. The molecule has 1 rings (SSSR count). The molecule has 0 saturated heterocycles. The molecule has 0 aliphatic heterocycles. The maximum atomic E-state index is 13.7. The number of rotatable bonds is 4. The first-order chi connectivity index (χ1) is 7.95. The highest BCUT2D eigenvalue weighted by Crippen LogP contribution is 2.17. The number of benzene rings is 1. The molecule has 1 unspecified atom stereocenters. The number of hydrogen-bond donors (Lipinski definition) is 2. The molecule has 0 spiro atoms. The summed E-state index contributed by atoms with van der Waals surface area (Å²) in [5.41, 5.74) is 6.27. The van der Waals surface area contributed by atoms with E-state index in [1.165, 1.54) is 19.2 Å². The van der Waals surface area contributed by atoms with E-state index in [-0.39, 0.29) is 11.6 Å². The Morgan fingerprint density at radius 2 is 2.24 bits per heavy atom. The van der Waals surface area contributed by atoms with Crippen molar-refractivity contribution in [3.05, 3.63) is 29.1 Å². The minimum absolute atomic E-state index is 0.0366. The van der Waals surface area contributed by atoms with Gasteiger partial charge in [0.05, 0.1) is 12.2 Å². The van der Waals surface area contributed by atoms with E-state index in [4.69, 9.17) is 10.5 Å². The summed E-state index contributed by atoms with van der Waals surface area (Å²) in [7, 11) is 1.54. The van der Waals surface area contributed by atoms with E-state index >= 15 is 0 Å². The van der Waals surface area contributed by atoms with Crippen LogP contribution in [0.15, 0.2) is 12.1 Å². The number of aryl methyl sites for hydroxylation is 1. The average molecular weight is 240 g/mol. The third-order valence-corrected chi connectivity index (χ3v) is 2.32. The third kappa shape index (κ3) is 3.42. The molecule has 94 valence electrons. The van der Waals surface area contributed by atoms with Gasteiger partial charge in [-0.15, -0.1) is 0 Å². The van der Waals surface area contributed by atoms with E-state index < -0.39 is 11.7 Å². The van der Waals surface area contributed by atoms with Gasteiger partial charge in [0.25, 0.3) is 5.91 Å². The molecule has 0 aliphatic carbocycles. The summed E-state index contributed by atoms with van der Waals surface area (Å²) in [6.45, 7) is 3.72. The van der Waals surface area contributed by atoms with E-state index in [0.717, 1.165) is 0 Å². The van der Waals surface area contributed by atoms with Crippen LogP contribution in [0, 0.1) is 12.7 Å². The van der Waals surface area contributed by atoms with Gasteiger partial charge < -0.3 is 15.8 Å². The number of nitrogens with one attached hydrogen (secondary N) is 1. The number of nitrogens with two attached hydrogens (primary N) is 1. The van der Waals surface area contributed by atoms with Crippen LogP contribution in [0.3, 0.4) is 0 Å². The van der Waals surface area contributed by atoms with E-state index in [1.807, 2.05) is 0 Å². The van der Waals surface area contributed by atoms with E-state index in [1.54, 1.807) is 13.8 Å². The van der Waals surface area contributed by atoms with Crippen molar-refractivity contribution in [2.24, 2.45) is 0 Å². The molecule has 0 saturated carbocycles. The lowest BCUT2D eigenvalue weighted by Gasteiger charge is -2.14. The van der Waals surface area contributed by atoms with Crippen molar-refractivity contribution in [2.75, 3.05) is 19.5 Å². The summed E-state index contributed by atoms with van der Waals surface area (Å²) in [6.07, 6.45) is 0. The molecule has 3 N–H and O–H groups in total. The van der Waals surface area contributed by atoms with Crippen molar-refractivity contribution < 1.29 is 13.9 Å². The van der Waals surface area contributed by atoms with Crippen LogP contribution >= 0.6 is 0 Å². The van der Waals surface area contributed by atoms with E-state index in [0.29, 0.717) is 17.9 Å². The van der Waals surface area contributed by atoms with Crippen molar-refractivity contribution in [2.45, 2.75) is 19.9 Å². The van der Waals surface area contributed by atoms with Crippen LogP contribution < -0.4 is 11.1 Å². The summed E-state index contributed by atoms with van der Waals surface area (Å²) in [5.74, 6) is -1.02. The van der Waals surface area contributed by atoms with Crippen LogP contribution in [0.5, 0.6) is 0 Å². The highest BCUT2D eigenvalue weighted by atomic mass is 19.1. The molecule has 4 nitrogen and oxygen atoms in total. The Kier molecular flexibility index (Phi) is 4.45. The van der Waals surface area contributed by atoms with E-state index in [9.17, 15) is 9.18 Å². The number of halogens is 1. The van der Waals surface area contributed by atoms with Crippen molar-refractivity contribution >= 4 is 11.6 Å². The molecule has 17 heavy (non-hydrogen) atoms. The Labute approximate surface area is 100.0 Å². The quantitative estimate of drug-likeness (QED) is 0.783. The standard InChI is InChI=1S/C12H17FN2O2/c1-7-4-9(14)5-10(11(7)13)12(16)15-8(2)6-17-3/h4-5,8H,6,14H2,1-3H3,(H,15,16). The summed E-state index contributed by atoms with van der Waals surface area (Å²) in [5, 5.41) is 2.63. The monoisotopic (exact) mass is 240 g/mol. The van der Waals surface area contributed by atoms with Crippen molar-refractivity contribution in [3.63, 3.8) is 0 Å². The predicted molar refractivity (Wildman–Crippen MR) is 64.4 cm³/mol. The molecular formula is C12H17FN2O2. The maximum absolute atomic E-state index is 13.7. The Bertz CT molecular complexity index is 421. The molecule has 1 aromatic rings. The molecule has 0 bridgehead atoms. The number of carbonyl (C=O) groups excluding carboxylic acids is 1. The number of carbonyl (C=O) groups is 1. The topological polar surface area (TPSA) is 64.3 Å². The van der Waals surface area contributed by atoms with Crippen molar-refractivity contribution in [1.29, 1.82) is 0 Å². The number of amides is 1. The van der Waals surface area contributed by atoms with Gasteiger partial charge in [-0.05, 0) is 31.5 Å². The molecule has 5 heteroatoms. The Morgan fingerprint density at radius 1 is 1.59 bits per heavy atom. The molecular weight excluding hydrogens is 223 g/mol. The maximum Gasteiger partial charge on any atom is 0.254 e. The SMILES string of the molecule is COCC(C)NC(=O)c1cc(N)cc(C)c1F. The average Bonchev–Trinajstić information content (AvgIpc) is 2.23. The van der Waals surface area contributed by atoms with Crippen molar-refractivity contribution in [1.82, 2.24) is 5.32 Å². The number of methoxy groups -OCH3 is 1. The molecule has 0 radical (unpaired) electrons. The molecule has 1 atom stereocenters. The fourth-order valence-corrected chi connectivity index (χ4v) is 1.56. The predicted octanol–water partition coefficient (Wildman–Crippen LogP) is 1.48. The number of nitrogen functional groups attached to an aromatic ring is 1. The van der Waals surface area contributed by atoms with Crippen LogP contribution in [0.1, 0.15) is 22.8 Å². The molecule has 0 heterocycles. The molecule has 1 aromatic carbocycles. The van der Waals surface area contributed by atoms with Crippen LogP contribution in [0.25, 0.3) is 0 Å². The van der Waals surface area contributed by atoms with Gasteiger partial charge in [-0.2, -0.15) is 0 Å². The lowest BCUT2D eigenvalue weighted by molar-refractivity contribution is 0.0901. The Morgan fingerprint density at radius 3 is 2.82 bits per heavy atom. The summed E-state index contributed by atoms with van der Waals surface area (Å²) >= 11 is 0. The smallest absolute Gasteiger partial charge is 0.254 e. The second-order valence-corrected chi connectivity index (χ2v) is 4.03. The summed E-state index contributed by atoms with van der Waals surface area (Å²) in [6, 6.07) is 2.63. The summed E-state index contributed by atoms with van der Waals surface area (Å²) in [4.78, 5) is 11.8. The highest BCUT2D eigenvalue weighted by Gasteiger charge is 2.16. The van der Waals surface area contributed by atoms with Gasteiger partial charge in [-0.3, -0.25) is 4.79 Å². The first-order valence-corrected chi connectivity index (χ1v) is 5.31. The fourth-order valence-electron chi connectivity index (χ4n) is 1.56. The second kappa shape index (κ2) is 5.63. The molecule has 0 aromatic heterocycles. The second-order valence-electron chi connectivity index (χ2n) is 4.03. The minimum atomic E-state index is -0.540. The lowest BCUT2D eigenvalue weighted by Crippen LogP contribution is -2.36. The largest absolute Gasteiger partial charge is 0.399 e. The molecule has 0 aliphatic rings. The van der Waals surface area contributed by atoms with Gasteiger partial charge in [-0.1, -0.05) is 0 Å². The zero-order chi connectivity index (χ0) is 13.0. The number of anilines is 1. The van der Waals surface area contributed by atoms with E-state index in [2.05, 4.69) is 5.32 Å². The normalized spacial score (nSPS) is 12.2. The van der Waals surface area contributed by atoms with Gasteiger partial charge in [-0.25, -0.2) is 4.39 Å². The minimum Gasteiger partial charge on any atom is -0.399 e. The van der Waals surface area contributed by atoms with Gasteiger partial charge in [0.2, 0.25) is 0 Å². The molecule has 0 fully saturated rings. The first-order valence-electron chi connectivity index (χ1n) is 5.31. The first kappa shape index (κ1) is 13.4. The fraction of sp³-hybridized carbons (Fsp3) is 0.417. The number of hydrogen-bond acceptors (Lipinski definition) is 3.